The van der Waals surface area contributed by atoms with E-state index in [1.165, 1.54) is 11.7 Å². The van der Waals surface area contributed by atoms with Crippen molar-refractivity contribution in [3.05, 3.63) is 101 Å². The summed E-state index contributed by atoms with van der Waals surface area (Å²) in [5.74, 6) is -0.328. The standard InChI is InChI=1S/C23H17Cl2N3O4/c1-32-9-8-28-21-18(22(30)27-23(28)31)16(14-7-6-11(24)10-15(14)25)17-19(26-21)12-4-2-3-5-13(12)20(17)29/h2-7,10,16,29H,8-9H2,1H3,(H,27,30,31)/p+1. The summed E-state index contributed by atoms with van der Waals surface area (Å²) in [4.78, 5) is 31.4. The number of nitrogens with zero attached hydrogens (tertiary/aromatic N) is 1. The van der Waals surface area contributed by atoms with Gasteiger partial charge in [0.25, 0.3) is 11.4 Å². The van der Waals surface area contributed by atoms with E-state index in [4.69, 9.17) is 27.9 Å². The first-order valence-corrected chi connectivity index (χ1v) is 10.7. The summed E-state index contributed by atoms with van der Waals surface area (Å²) >= 11 is 12.7. The van der Waals surface area contributed by atoms with Crippen LogP contribution in [0.25, 0.3) is 5.76 Å². The predicted octanol–water partition coefficient (Wildman–Crippen LogP) is 2.12. The molecule has 1 unspecified atom stereocenters. The molecule has 7 nitrogen and oxygen atoms in total. The minimum atomic E-state index is -0.725. The zero-order valence-corrected chi connectivity index (χ0v) is 18.4. The van der Waals surface area contributed by atoms with Crippen LogP contribution in [0, 0.1) is 0 Å². The molecule has 32 heavy (non-hydrogen) atoms. The van der Waals surface area contributed by atoms with Gasteiger partial charge in [0.1, 0.15) is 23.6 Å². The van der Waals surface area contributed by atoms with Crippen LogP contribution in [-0.2, 0) is 11.3 Å². The highest BCUT2D eigenvalue weighted by molar-refractivity contribution is 6.35. The molecule has 162 valence electrons. The van der Waals surface area contributed by atoms with Crippen molar-refractivity contribution in [2.24, 2.45) is 0 Å². The second-order valence-electron chi connectivity index (χ2n) is 7.57. The number of aromatic amines is 1. The first-order chi connectivity index (χ1) is 15.4. The Labute approximate surface area is 192 Å². The Balaban J connectivity index is 1.90. The Morgan fingerprint density at radius 1 is 1.16 bits per heavy atom. The van der Waals surface area contributed by atoms with Crippen molar-refractivity contribution in [3.8, 4) is 0 Å². The van der Waals surface area contributed by atoms with Crippen molar-refractivity contribution >= 4 is 40.5 Å². The fourth-order valence-electron chi connectivity index (χ4n) is 4.43. The average Bonchev–Trinajstić information content (AvgIpc) is 3.05. The van der Waals surface area contributed by atoms with E-state index in [9.17, 15) is 14.7 Å². The van der Waals surface area contributed by atoms with Gasteiger partial charge in [-0.1, -0.05) is 47.5 Å². The molecule has 1 aromatic heterocycles. The van der Waals surface area contributed by atoms with Crippen molar-refractivity contribution < 1.29 is 14.8 Å². The SMILES string of the molecule is COCCn1c2c(c(=O)[nH]c1=O)C(c1ccc(Cl)cc1Cl)C1=C(O)c3ccccc3C1=[NH+]2. The predicted molar refractivity (Wildman–Crippen MR) is 122 cm³/mol. The molecule has 0 bridgehead atoms. The summed E-state index contributed by atoms with van der Waals surface area (Å²) in [7, 11) is 1.54. The highest BCUT2D eigenvalue weighted by Gasteiger charge is 2.44. The van der Waals surface area contributed by atoms with Gasteiger partial charge in [-0.3, -0.25) is 9.78 Å². The number of benzene rings is 2. The number of aliphatic hydroxyl groups is 1. The second-order valence-corrected chi connectivity index (χ2v) is 8.42. The zero-order chi connectivity index (χ0) is 22.6. The minimum Gasteiger partial charge on any atom is -0.507 e. The Morgan fingerprint density at radius 3 is 2.62 bits per heavy atom. The number of fused-ring (bicyclic) bond motifs is 4. The third-order valence-electron chi connectivity index (χ3n) is 5.82. The molecule has 5 rings (SSSR count). The van der Waals surface area contributed by atoms with Crippen LogP contribution in [0.4, 0.5) is 5.82 Å². The lowest BCUT2D eigenvalue weighted by molar-refractivity contribution is -0.364. The molecule has 0 saturated heterocycles. The molecular weight excluding hydrogens is 453 g/mol. The quantitative estimate of drug-likeness (QED) is 0.543. The molecule has 2 aliphatic rings. The highest BCUT2D eigenvalue weighted by Crippen LogP contribution is 2.45. The van der Waals surface area contributed by atoms with Gasteiger partial charge in [-0.15, -0.1) is 0 Å². The Morgan fingerprint density at radius 2 is 1.91 bits per heavy atom. The molecule has 0 fully saturated rings. The first kappa shape index (κ1) is 20.8. The van der Waals surface area contributed by atoms with E-state index in [1.54, 1.807) is 24.3 Å². The fraction of sp³-hybridized carbons (Fsp3) is 0.174. The lowest BCUT2D eigenvalue weighted by atomic mass is 9.81. The van der Waals surface area contributed by atoms with Crippen LogP contribution >= 0.6 is 23.2 Å². The van der Waals surface area contributed by atoms with E-state index >= 15 is 0 Å². The zero-order valence-electron chi connectivity index (χ0n) is 16.9. The minimum absolute atomic E-state index is 0.0545. The van der Waals surface area contributed by atoms with Crippen LogP contribution in [0.5, 0.6) is 0 Å². The highest BCUT2D eigenvalue weighted by atomic mass is 35.5. The Hall–Kier alpha value is -3.13. The van der Waals surface area contributed by atoms with Gasteiger partial charge in [0.05, 0.1) is 18.1 Å². The van der Waals surface area contributed by atoms with E-state index in [-0.39, 0.29) is 24.5 Å². The molecule has 1 aliphatic carbocycles. The second kappa shape index (κ2) is 7.78. The maximum Gasteiger partial charge on any atom is 0.415 e. The van der Waals surface area contributed by atoms with Crippen LogP contribution in [0.2, 0.25) is 10.0 Å². The molecular formula is C23H18Cl2N3O4+. The molecule has 0 amide bonds. The van der Waals surface area contributed by atoms with Crippen molar-refractivity contribution in [2.75, 3.05) is 13.7 Å². The number of ether oxygens (including phenoxy) is 1. The van der Waals surface area contributed by atoms with Gasteiger partial charge in [-0.2, -0.15) is 4.57 Å². The maximum atomic E-state index is 13.1. The maximum absolute atomic E-state index is 13.1. The van der Waals surface area contributed by atoms with Gasteiger partial charge in [-0.05, 0) is 23.8 Å². The number of nitrogens with one attached hydrogen (secondary N) is 2. The molecule has 3 aromatic rings. The van der Waals surface area contributed by atoms with Gasteiger partial charge < -0.3 is 9.84 Å². The lowest BCUT2D eigenvalue weighted by Gasteiger charge is -2.24. The number of hydrogen-bond acceptors (Lipinski definition) is 4. The molecule has 0 radical (unpaired) electrons. The van der Waals surface area contributed by atoms with Crippen molar-refractivity contribution in [3.63, 3.8) is 0 Å². The summed E-state index contributed by atoms with van der Waals surface area (Å²) in [6, 6.07) is 12.4. The Bertz CT molecular complexity index is 1450. The van der Waals surface area contributed by atoms with E-state index in [1.807, 2.05) is 18.2 Å². The van der Waals surface area contributed by atoms with Gasteiger partial charge in [-0.25, -0.2) is 9.79 Å². The monoisotopic (exact) mass is 470 g/mol. The Kier molecular flexibility index (Phi) is 5.04. The summed E-state index contributed by atoms with van der Waals surface area (Å²) < 4.78 is 6.58. The number of H-pyrrole nitrogens is 1. The number of aliphatic hydroxyl groups excluding tert-OH is 1. The molecule has 0 saturated carbocycles. The van der Waals surface area contributed by atoms with E-state index in [0.29, 0.717) is 38.3 Å². The van der Waals surface area contributed by atoms with E-state index < -0.39 is 17.2 Å². The number of methoxy groups -OCH3 is 1. The van der Waals surface area contributed by atoms with Crippen LogP contribution in [0.1, 0.15) is 28.2 Å². The number of aromatic nitrogens is 2. The molecule has 3 N–H and O–H groups in total. The third kappa shape index (κ3) is 3.04. The number of allylic oxidation sites excluding steroid dienone is 1. The number of halogens is 2. The molecule has 2 heterocycles. The summed E-state index contributed by atoms with van der Waals surface area (Å²) in [6.07, 6.45) is 0. The topological polar surface area (TPSA) is 98.3 Å². The normalized spacial score (nSPS) is 16.5. The van der Waals surface area contributed by atoms with Crippen LogP contribution in [-0.4, -0.2) is 34.1 Å². The average molecular weight is 471 g/mol. The van der Waals surface area contributed by atoms with E-state index in [2.05, 4.69) is 9.98 Å². The van der Waals surface area contributed by atoms with Crippen molar-refractivity contribution in [1.82, 2.24) is 9.55 Å². The smallest absolute Gasteiger partial charge is 0.415 e. The summed E-state index contributed by atoms with van der Waals surface area (Å²) in [6.45, 7) is 0.495. The van der Waals surface area contributed by atoms with Crippen molar-refractivity contribution in [1.29, 1.82) is 0 Å². The van der Waals surface area contributed by atoms with Crippen LogP contribution in [0.15, 0.2) is 57.6 Å². The molecule has 9 heteroatoms. The fourth-order valence-corrected chi connectivity index (χ4v) is 4.94. The van der Waals surface area contributed by atoms with Crippen LogP contribution < -0.4 is 16.2 Å². The van der Waals surface area contributed by atoms with Gasteiger partial charge in [0, 0.05) is 28.3 Å². The molecule has 0 spiro atoms. The molecule has 1 aliphatic heterocycles. The summed E-state index contributed by atoms with van der Waals surface area (Å²) in [5.41, 5.74) is 2.31. The van der Waals surface area contributed by atoms with Crippen LogP contribution in [0.3, 0.4) is 0 Å². The lowest BCUT2D eigenvalue weighted by Crippen LogP contribution is -2.72. The van der Waals surface area contributed by atoms with Gasteiger partial charge in [0.15, 0.2) is 0 Å². The summed E-state index contributed by atoms with van der Waals surface area (Å²) in [5, 5.41) is 12.0. The van der Waals surface area contributed by atoms with Gasteiger partial charge in [0.2, 0.25) is 0 Å². The molecule has 1 atom stereocenters. The van der Waals surface area contributed by atoms with E-state index in [0.717, 1.165) is 5.56 Å². The largest absolute Gasteiger partial charge is 0.507 e. The van der Waals surface area contributed by atoms with Gasteiger partial charge >= 0.3 is 5.69 Å². The third-order valence-corrected chi connectivity index (χ3v) is 6.39. The number of rotatable bonds is 4. The molecule has 2 aromatic carbocycles. The van der Waals surface area contributed by atoms with Crippen molar-refractivity contribution in [2.45, 2.75) is 12.5 Å². The first-order valence-electron chi connectivity index (χ1n) is 9.90. The number of hydrogen-bond donors (Lipinski definition) is 3.